The molecule has 0 atom stereocenters. The maximum absolute atomic E-state index is 12.3. The Hall–Kier alpha value is -2.27. The maximum atomic E-state index is 12.3. The Bertz CT molecular complexity index is 884. The van der Waals surface area contributed by atoms with Crippen molar-refractivity contribution in [2.45, 2.75) is 52.1 Å². The smallest absolute Gasteiger partial charge is 0.271 e. The molecule has 0 saturated heterocycles. The molecular weight excluding hydrogens is 348 g/mol. The highest BCUT2D eigenvalue weighted by atomic mass is 32.2. The number of hydrogen-bond donors (Lipinski definition) is 1. The number of sulfonamides is 1. The molecule has 2 heterocycles. The molecule has 11 heteroatoms. The van der Waals surface area contributed by atoms with Gasteiger partial charge in [0.25, 0.3) is 0 Å². The lowest BCUT2D eigenvalue weighted by molar-refractivity contribution is -0.386. The summed E-state index contributed by atoms with van der Waals surface area (Å²) in [5.41, 5.74) is 1.27. The molecule has 0 aromatic carbocycles. The minimum atomic E-state index is -3.63. The van der Waals surface area contributed by atoms with Crippen LogP contribution in [0.5, 0.6) is 0 Å². The topological polar surface area (TPSA) is 125 Å². The Morgan fingerprint density at radius 3 is 2.44 bits per heavy atom. The van der Waals surface area contributed by atoms with Crippen LogP contribution in [0.4, 0.5) is 5.69 Å². The van der Waals surface area contributed by atoms with Gasteiger partial charge in [-0.25, -0.2) is 13.1 Å². The van der Waals surface area contributed by atoms with E-state index < -0.39 is 14.9 Å². The predicted octanol–water partition coefficient (Wildman–Crippen LogP) is 1.30. The molecule has 0 unspecified atom stereocenters. The lowest BCUT2D eigenvalue weighted by Crippen LogP contribution is -2.26. The summed E-state index contributed by atoms with van der Waals surface area (Å²) in [6.07, 6.45) is 1.96. The molecule has 25 heavy (non-hydrogen) atoms. The molecule has 2 aromatic rings. The zero-order valence-corrected chi connectivity index (χ0v) is 15.5. The molecule has 0 spiro atoms. The lowest BCUT2D eigenvalue weighted by atomic mass is 10.3. The van der Waals surface area contributed by atoms with E-state index >= 15 is 0 Å². The largest absolute Gasteiger partial charge is 0.312 e. The van der Waals surface area contributed by atoms with Crippen LogP contribution in [0.1, 0.15) is 30.4 Å². The van der Waals surface area contributed by atoms with Crippen LogP contribution < -0.4 is 4.72 Å². The molecule has 0 radical (unpaired) electrons. The number of rotatable bonds is 8. The Kier molecular flexibility index (Phi) is 5.58. The Balaban J connectivity index is 1.98. The third kappa shape index (κ3) is 4.04. The van der Waals surface area contributed by atoms with Gasteiger partial charge in [0.15, 0.2) is 0 Å². The summed E-state index contributed by atoms with van der Waals surface area (Å²) in [5, 5.41) is 19.3. The summed E-state index contributed by atoms with van der Waals surface area (Å²) in [6, 6.07) is 0. The molecule has 0 aliphatic carbocycles. The van der Waals surface area contributed by atoms with Gasteiger partial charge in [-0.1, -0.05) is 0 Å². The van der Waals surface area contributed by atoms with Crippen LogP contribution in [-0.2, 0) is 23.1 Å². The first-order valence-electron chi connectivity index (χ1n) is 7.89. The molecule has 10 nitrogen and oxygen atoms in total. The van der Waals surface area contributed by atoms with E-state index in [1.807, 2.05) is 6.92 Å². The van der Waals surface area contributed by atoms with Gasteiger partial charge in [0.05, 0.1) is 10.6 Å². The Labute approximate surface area is 146 Å². The molecule has 0 aliphatic rings. The van der Waals surface area contributed by atoms with E-state index in [1.165, 1.54) is 10.9 Å². The predicted molar refractivity (Wildman–Crippen MR) is 90.8 cm³/mol. The molecule has 0 bridgehead atoms. The zero-order valence-electron chi connectivity index (χ0n) is 14.7. The van der Waals surface area contributed by atoms with Crippen LogP contribution in [-0.4, -0.2) is 39.4 Å². The number of nitrogens with one attached hydrogen (secondary N) is 1. The summed E-state index contributed by atoms with van der Waals surface area (Å²) in [6.45, 7) is 7.91. The summed E-state index contributed by atoms with van der Waals surface area (Å²) >= 11 is 0. The van der Waals surface area contributed by atoms with Gasteiger partial charge in [-0.3, -0.25) is 19.5 Å². The number of aryl methyl sites for hydroxylation is 4. The second-order valence-electron chi connectivity index (χ2n) is 5.69. The van der Waals surface area contributed by atoms with Crippen LogP contribution in [0.25, 0.3) is 0 Å². The molecular formula is C14H22N6O4S. The van der Waals surface area contributed by atoms with Crippen LogP contribution in [0.15, 0.2) is 11.1 Å². The molecule has 0 saturated carbocycles. The van der Waals surface area contributed by atoms with Crippen molar-refractivity contribution in [1.82, 2.24) is 24.3 Å². The fraction of sp³-hybridized carbons (Fsp3) is 0.571. The maximum Gasteiger partial charge on any atom is 0.312 e. The highest BCUT2D eigenvalue weighted by Crippen LogP contribution is 2.21. The van der Waals surface area contributed by atoms with Crippen molar-refractivity contribution in [3.05, 3.63) is 33.4 Å². The van der Waals surface area contributed by atoms with Crippen molar-refractivity contribution < 1.29 is 13.3 Å². The average Bonchev–Trinajstić information content (AvgIpc) is 3.04. The lowest BCUT2D eigenvalue weighted by Gasteiger charge is -2.06. The van der Waals surface area contributed by atoms with Gasteiger partial charge in [-0.2, -0.15) is 10.2 Å². The van der Waals surface area contributed by atoms with Crippen LogP contribution in [0.2, 0.25) is 0 Å². The van der Waals surface area contributed by atoms with E-state index in [9.17, 15) is 18.5 Å². The minimum Gasteiger partial charge on any atom is -0.271 e. The van der Waals surface area contributed by atoms with Crippen LogP contribution in [0, 0.1) is 30.9 Å². The minimum absolute atomic E-state index is 0.00295. The molecule has 0 fully saturated rings. The van der Waals surface area contributed by atoms with Crippen LogP contribution >= 0.6 is 0 Å². The summed E-state index contributed by atoms with van der Waals surface area (Å²) < 4.78 is 30.3. The normalized spacial score (nSPS) is 11.8. The first-order chi connectivity index (χ1) is 11.7. The fourth-order valence-corrected chi connectivity index (χ4v) is 3.87. The SMILES string of the molecule is CCn1cc(S(=O)(=O)NCCCn2nc(C)c([N+](=O)[O-])c2C)c(C)n1. The van der Waals surface area contributed by atoms with Crippen molar-refractivity contribution in [2.24, 2.45) is 0 Å². The number of aromatic nitrogens is 4. The van der Waals surface area contributed by atoms with Crippen molar-refractivity contribution >= 4 is 15.7 Å². The van der Waals surface area contributed by atoms with E-state index in [1.54, 1.807) is 25.5 Å². The molecule has 2 rings (SSSR count). The highest BCUT2D eigenvalue weighted by Gasteiger charge is 2.22. The van der Waals surface area contributed by atoms with E-state index in [4.69, 9.17) is 0 Å². The quantitative estimate of drug-likeness (QED) is 0.424. The standard InChI is InChI=1S/C14H22N6O4S/c1-5-18-9-13(10(2)16-18)25(23,24)15-7-6-8-19-12(4)14(20(21)22)11(3)17-19/h9,15H,5-8H2,1-4H3. The van der Waals surface area contributed by atoms with Crippen molar-refractivity contribution in [1.29, 1.82) is 0 Å². The van der Waals surface area contributed by atoms with E-state index in [0.29, 0.717) is 36.6 Å². The van der Waals surface area contributed by atoms with E-state index in [2.05, 4.69) is 14.9 Å². The number of nitrogens with zero attached hydrogens (tertiary/aromatic N) is 5. The van der Waals surface area contributed by atoms with E-state index in [0.717, 1.165) is 0 Å². The van der Waals surface area contributed by atoms with Gasteiger partial charge in [-0.15, -0.1) is 0 Å². The molecule has 1 N–H and O–H groups in total. The number of nitro groups is 1. The van der Waals surface area contributed by atoms with Crippen LogP contribution in [0.3, 0.4) is 0 Å². The first kappa shape index (κ1) is 19.1. The Morgan fingerprint density at radius 2 is 1.92 bits per heavy atom. The van der Waals surface area contributed by atoms with Crippen molar-refractivity contribution in [2.75, 3.05) is 6.54 Å². The highest BCUT2D eigenvalue weighted by molar-refractivity contribution is 7.89. The van der Waals surface area contributed by atoms with Gasteiger partial charge in [0, 0.05) is 25.8 Å². The monoisotopic (exact) mass is 370 g/mol. The van der Waals surface area contributed by atoms with E-state index in [-0.39, 0.29) is 17.1 Å². The van der Waals surface area contributed by atoms with Gasteiger partial charge in [0.2, 0.25) is 10.0 Å². The van der Waals surface area contributed by atoms with Gasteiger partial charge >= 0.3 is 5.69 Å². The van der Waals surface area contributed by atoms with Gasteiger partial charge < -0.3 is 0 Å². The second-order valence-corrected chi connectivity index (χ2v) is 7.42. The molecule has 2 aromatic heterocycles. The third-order valence-corrected chi connectivity index (χ3v) is 5.44. The first-order valence-corrected chi connectivity index (χ1v) is 9.37. The summed E-state index contributed by atoms with van der Waals surface area (Å²) in [5.74, 6) is 0. The summed E-state index contributed by atoms with van der Waals surface area (Å²) in [7, 11) is -3.63. The van der Waals surface area contributed by atoms with Gasteiger partial charge in [-0.05, 0) is 34.1 Å². The zero-order chi connectivity index (χ0) is 18.8. The van der Waals surface area contributed by atoms with Crippen molar-refractivity contribution in [3.8, 4) is 0 Å². The molecule has 138 valence electrons. The molecule has 0 aliphatic heterocycles. The van der Waals surface area contributed by atoms with Gasteiger partial charge in [0.1, 0.15) is 16.3 Å². The number of hydrogen-bond acceptors (Lipinski definition) is 6. The Morgan fingerprint density at radius 1 is 1.24 bits per heavy atom. The van der Waals surface area contributed by atoms with Crippen molar-refractivity contribution in [3.63, 3.8) is 0 Å². The average molecular weight is 370 g/mol. The molecule has 0 amide bonds. The second kappa shape index (κ2) is 7.31. The summed E-state index contributed by atoms with van der Waals surface area (Å²) in [4.78, 5) is 10.7. The third-order valence-electron chi connectivity index (χ3n) is 3.88. The fourth-order valence-electron chi connectivity index (χ4n) is 2.61.